The fraction of sp³-hybridized carbons (Fsp3) is 0.125. The van der Waals surface area contributed by atoms with E-state index in [1.165, 1.54) is 12.1 Å². The number of rotatable bonds is 5. The predicted octanol–water partition coefficient (Wildman–Crippen LogP) is 4.32. The van der Waals surface area contributed by atoms with Gasteiger partial charge in [0.25, 0.3) is 5.69 Å². The minimum atomic E-state index is -4.75. The molecule has 0 unspecified atom stereocenters. The Morgan fingerprint density at radius 1 is 1.29 bits per heavy atom. The number of halogens is 5. The summed E-state index contributed by atoms with van der Waals surface area (Å²) in [7, 11) is 0. The summed E-state index contributed by atoms with van der Waals surface area (Å²) in [6, 6.07) is 4.47. The number of hydrazone groups is 1. The van der Waals surface area contributed by atoms with Crippen molar-refractivity contribution in [1.82, 2.24) is 5.43 Å². The van der Waals surface area contributed by atoms with E-state index < -0.39 is 34.7 Å². The van der Waals surface area contributed by atoms with Crippen molar-refractivity contribution in [1.29, 1.82) is 0 Å². The molecule has 1 amide bonds. The van der Waals surface area contributed by atoms with Gasteiger partial charge in [-0.3, -0.25) is 14.9 Å². The predicted molar refractivity (Wildman–Crippen MR) is 95.7 cm³/mol. The molecule has 0 fully saturated rings. The molecule has 0 aliphatic rings. The van der Waals surface area contributed by atoms with Crippen molar-refractivity contribution in [2.45, 2.75) is 12.6 Å². The quantitative estimate of drug-likeness (QED) is 0.414. The molecule has 2 aromatic carbocycles. The highest BCUT2D eigenvalue weighted by atomic mass is 35.5. The lowest BCUT2D eigenvalue weighted by Gasteiger charge is -2.08. The number of nitrogens with zero attached hydrogens (tertiary/aromatic N) is 2. The van der Waals surface area contributed by atoms with Gasteiger partial charge in [0.1, 0.15) is 5.75 Å². The molecular weight excluding hydrogens is 426 g/mol. The number of hydrogen-bond donors (Lipinski definition) is 2. The molecule has 0 saturated carbocycles. The van der Waals surface area contributed by atoms with E-state index in [0.717, 1.165) is 12.3 Å². The number of nitro groups is 1. The zero-order valence-corrected chi connectivity index (χ0v) is 15.1. The van der Waals surface area contributed by atoms with E-state index in [4.69, 9.17) is 23.2 Å². The van der Waals surface area contributed by atoms with Gasteiger partial charge in [-0.1, -0.05) is 29.3 Å². The fourth-order valence-corrected chi connectivity index (χ4v) is 2.64. The van der Waals surface area contributed by atoms with Crippen LogP contribution in [0.15, 0.2) is 35.4 Å². The Bertz CT molecular complexity index is 965. The van der Waals surface area contributed by atoms with Crippen LogP contribution in [0.1, 0.15) is 16.7 Å². The summed E-state index contributed by atoms with van der Waals surface area (Å²) in [6.45, 7) is 0. The van der Waals surface area contributed by atoms with E-state index in [9.17, 15) is 33.2 Å². The third-order valence-corrected chi connectivity index (χ3v) is 3.92. The first-order chi connectivity index (χ1) is 13.0. The molecule has 7 nitrogen and oxygen atoms in total. The van der Waals surface area contributed by atoms with Gasteiger partial charge < -0.3 is 5.11 Å². The van der Waals surface area contributed by atoms with Gasteiger partial charge in [0, 0.05) is 22.2 Å². The number of hydrogen-bond acceptors (Lipinski definition) is 5. The average Bonchev–Trinajstić information content (AvgIpc) is 2.58. The average molecular weight is 436 g/mol. The number of benzene rings is 2. The number of carbonyl (C=O) groups is 1. The molecule has 2 aromatic rings. The number of nitro benzene ring substituents is 1. The molecule has 0 radical (unpaired) electrons. The first kappa shape index (κ1) is 21.5. The molecular formula is C16H10Cl2F3N3O4. The second kappa shape index (κ2) is 8.44. The van der Waals surface area contributed by atoms with E-state index in [-0.39, 0.29) is 26.9 Å². The van der Waals surface area contributed by atoms with Gasteiger partial charge in [-0.05, 0) is 18.2 Å². The van der Waals surface area contributed by atoms with E-state index in [1.54, 1.807) is 0 Å². The lowest BCUT2D eigenvalue weighted by molar-refractivity contribution is -0.385. The third-order valence-electron chi connectivity index (χ3n) is 3.41. The number of amides is 1. The summed E-state index contributed by atoms with van der Waals surface area (Å²) >= 11 is 11.5. The molecule has 0 bridgehead atoms. The molecule has 0 aliphatic carbocycles. The van der Waals surface area contributed by atoms with Crippen LogP contribution in [0.4, 0.5) is 18.9 Å². The first-order valence-corrected chi connectivity index (χ1v) is 8.09. The summed E-state index contributed by atoms with van der Waals surface area (Å²) < 4.78 is 38.0. The zero-order chi connectivity index (χ0) is 21.1. The highest BCUT2D eigenvalue weighted by molar-refractivity contribution is 6.36. The van der Waals surface area contributed by atoms with E-state index >= 15 is 0 Å². The molecule has 0 spiro atoms. The van der Waals surface area contributed by atoms with Crippen LogP contribution in [0.25, 0.3) is 0 Å². The first-order valence-electron chi connectivity index (χ1n) is 7.33. The lowest BCUT2D eigenvalue weighted by Crippen LogP contribution is -2.20. The molecule has 0 saturated heterocycles. The monoisotopic (exact) mass is 435 g/mol. The van der Waals surface area contributed by atoms with Gasteiger partial charge >= 0.3 is 6.18 Å². The Balaban J connectivity index is 2.14. The van der Waals surface area contributed by atoms with Gasteiger partial charge in [-0.25, -0.2) is 5.43 Å². The smallest absolute Gasteiger partial charge is 0.416 e. The van der Waals surface area contributed by atoms with Crippen molar-refractivity contribution in [3.8, 4) is 5.75 Å². The summed E-state index contributed by atoms with van der Waals surface area (Å²) in [4.78, 5) is 21.9. The minimum absolute atomic E-state index is 0.0411. The Morgan fingerprint density at radius 3 is 2.57 bits per heavy atom. The van der Waals surface area contributed by atoms with Crippen LogP contribution < -0.4 is 5.43 Å². The van der Waals surface area contributed by atoms with E-state index in [2.05, 4.69) is 5.10 Å². The largest absolute Gasteiger partial charge is 0.506 e. The van der Waals surface area contributed by atoms with Gasteiger partial charge in [0.05, 0.1) is 28.1 Å². The molecule has 0 aliphatic heterocycles. The maximum absolute atomic E-state index is 12.7. The Kier molecular flexibility index (Phi) is 6.47. The molecule has 148 valence electrons. The fourth-order valence-electron chi connectivity index (χ4n) is 2.13. The maximum Gasteiger partial charge on any atom is 0.416 e. The second-order valence-corrected chi connectivity index (χ2v) is 6.24. The maximum atomic E-state index is 12.7. The number of phenols is 1. The van der Waals surface area contributed by atoms with E-state index in [0.29, 0.717) is 12.1 Å². The standard InChI is InChI=1S/C16H10Cl2F3N3O4/c17-11-3-9(15(26)12(18)6-11)7-22-23-14(25)4-8-1-2-10(16(19,20)21)5-13(8)24(27)28/h1-3,5-7,26H,4H2,(H,23,25)/b22-7-. The molecule has 28 heavy (non-hydrogen) atoms. The highest BCUT2D eigenvalue weighted by Gasteiger charge is 2.33. The Labute approximate surface area is 165 Å². The van der Waals surface area contributed by atoms with Crippen molar-refractivity contribution in [2.24, 2.45) is 5.10 Å². The van der Waals surface area contributed by atoms with Crippen molar-refractivity contribution in [2.75, 3.05) is 0 Å². The topological polar surface area (TPSA) is 105 Å². The minimum Gasteiger partial charge on any atom is -0.506 e. The summed E-state index contributed by atoms with van der Waals surface area (Å²) in [5, 5.41) is 24.5. The third kappa shape index (κ3) is 5.33. The van der Waals surface area contributed by atoms with Crippen molar-refractivity contribution in [3.05, 3.63) is 67.2 Å². The molecule has 2 rings (SSSR count). The molecule has 0 heterocycles. The Hall–Kier alpha value is -2.85. The number of nitrogens with one attached hydrogen (secondary N) is 1. The number of phenolic OH excluding ortho intramolecular Hbond substituents is 1. The van der Waals surface area contributed by atoms with Gasteiger partial charge in [0.15, 0.2) is 0 Å². The molecule has 0 aromatic heterocycles. The van der Waals surface area contributed by atoms with Crippen LogP contribution in [0.3, 0.4) is 0 Å². The molecule has 0 atom stereocenters. The lowest BCUT2D eigenvalue weighted by atomic mass is 10.1. The number of alkyl halides is 3. The summed E-state index contributed by atoms with van der Waals surface area (Å²) in [5.41, 5.74) is -0.121. The van der Waals surface area contributed by atoms with Crippen LogP contribution >= 0.6 is 23.2 Å². The van der Waals surface area contributed by atoms with E-state index in [1.807, 2.05) is 5.43 Å². The Morgan fingerprint density at radius 2 is 1.96 bits per heavy atom. The van der Waals surface area contributed by atoms with Crippen LogP contribution in [0.2, 0.25) is 10.0 Å². The number of carbonyl (C=O) groups excluding carboxylic acids is 1. The van der Waals surface area contributed by atoms with Crippen LogP contribution in [0.5, 0.6) is 5.75 Å². The van der Waals surface area contributed by atoms with Gasteiger partial charge in [0.2, 0.25) is 5.91 Å². The highest BCUT2D eigenvalue weighted by Crippen LogP contribution is 2.33. The van der Waals surface area contributed by atoms with Crippen LogP contribution in [0, 0.1) is 10.1 Å². The van der Waals surface area contributed by atoms with Crippen LogP contribution in [-0.2, 0) is 17.4 Å². The van der Waals surface area contributed by atoms with Crippen molar-refractivity contribution >= 4 is 41.0 Å². The second-order valence-electron chi connectivity index (χ2n) is 5.39. The van der Waals surface area contributed by atoms with Crippen LogP contribution in [-0.4, -0.2) is 22.2 Å². The SMILES string of the molecule is O=C(Cc1ccc(C(F)(F)F)cc1[N+](=O)[O-])N/N=C\c1cc(Cl)cc(Cl)c1O. The summed E-state index contributed by atoms with van der Waals surface area (Å²) in [5.74, 6) is -1.16. The van der Waals surface area contributed by atoms with Crippen molar-refractivity contribution < 1.29 is 28.0 Å². The normalized spacial score (nSPS) is 11.6. The zero-order valence-electron chi connectivity index (χ0n) is 13.6. The van der Waals surface area contributed by atoms with Gasteiger partial charge in [-0.15, -0.1) is 0 Å². The summed E-state index contributed by atoms with van der Waals surface area (Å²) in [6.07, 6.45) is -4.31. The number of aromatic hydroxyl groups is 1. The molecule has 2 N–H and O–H groups in total. The van der Waals surface area contributed by atoms with Gasteiger partial charge in [-0.2, -0.15) is 18.3 Å². The van der Waals surface area contributed by atoms with Crippen molar-refractivity contribution in [3.63, 3.8) is 0 Å². The molecule has 12 heteroatoms.